The number of aromatic nitrogens is 1. The van der Waals surface area contributed by atoms with Crippen molar-refractivity contribution in [3.8, 4) is 22.6 Å². The molecule has 1 saturated carbocycles. The minimum absolute atomic E-state index is 0.227. The standard InChI is InChI=1S/C25H28N2O3.CH4O3S/c1-26-9-8-25-7-3-2-4-19(25)21(26)14-18-17(12-15(28)13-20(18)25)16-5-6-22-23-24(16)30-27(23)10-11-29-22;1-5(2,3)4/h5-6,12-13,19,21,28H,2-4,7-11,14H2,1H3;1H3,(H,2,3,4)/t19-,21+,25+;/m0./s1. The fourth-order valence-corrected chi connectivity index (χ4v) is 7.25. The zero-order chi connectivity index (χ0) is 24.5. The average Bonchev–Trinajstić information content (AvgIpc) is 2.79. The van der Waals surface area contributed by atoms with E-state index in [1.54, 1.807) is 0 Å². The van der Waals surface area contributed by atoms with Crippen molar-refractivity contribution >= 4 is 21.2 Å². The first-order valence-electron chi connectivity index (χ1n) is 12.4. The first-order valence-corrected chi connectivity index (χ1v) is 14.3. The number of likely N-dealkylation sites (tertiary alicyclic amines) is 1. The molecular weight excluding hydrogens is 468 g/mol. The Morgan fingerprint density at radius 2 is 1.91 bits per heavy atom. The Morgan fingerprint density at radius 1 is 1.11 bits per heavy atom. The second-order valence-corrected chi connectivity index (χ2v) is 12.1. The molecule has 2 aromatic carbocycles. The van der Waals surface area contributed by atoms with Crippen molar-refractivity contribution in [3.63, 3.8) is 0 Å². The lowest BCUT2D eigenvalue weighted by atomic mass is 9.52. The molecule has 1 aromatic heterocycles. The summed E-state index contributed by atoms with van der Waals surface area (Å²) in [6, 6.07) is 8.84. The van der Waals surface area contributed by atoms with Gasteiger partial charge in [-0.05, 0) is 86.1 Å². The second-order valence-electron chi connectivity index (χ2n) is 10.6. The molecule has 2 aliphatic carbocycles. The number of ether oxygens (including phenoxy) is 1. The number of benzene rings is 2. The third-order valence-electron chi connectivity index (χ3n) is 8.61. The summed E-state index contributed by atoms with van der Waals surface area (Å²) in [4.78, 5) is 2.60. The number of piperidine rings is 1. The SMILES string of the molecule is CN1CC[C@]23CCCC[C@H]2[C@H]1Cc1c(-c2ccc4c5c2on5CCO4)cc(O)cc13.CS(=O)(=O)O. The normalized spacial score (nSPS) is 27.4. The summed E-state index contributed by atoms with van der Waals surface area (Å²) in [6.07, 6.45) is 8.20. The molecule has 2 bridgehead atoms. The van der Waals surface area contributed by atoms with Crippen LogP contribution in [-0.2, 0) is 28.5 Å². The van der Waals surface area contributed by atoms with Crippen molar-refractivity contribution < 1.29 is 27.3 Å². The van der Waals surface area contributed by atoms with Crippen molar-refractivity contribution in [2.24, 2.45) is 5.92 Å². The topological polar surface area (TPSA) is 105 Å². The Morgan fingerprint density at radius 3 is 2.71 bits per heavy atom. The fraction of sp³-hybridized carbons (Fsp3) is 0.538. The Hall–Kier alpha value is -2.49. The number of hydrogen-bond donors (Lipinski definition) is 2. The van der Waals surface area contributed by atoms with E-state index in [-0.39, 0.29) is 5.41 Å². The van der Waals surface area contributed by atoms with Crippen molar-refractivity contribution in [2.45, 2.75) is 56.5 Å². The molecule has 2 fully saturated rings. The minimum Gasteiger partial charge on any atom is -0.508 e. The molecule has 0 spiro atoms. The minimum atomic E-state index is -3.67. The van der Waals surface area contributed by atoms with Gasteiger partial charge in [0.2, 0.25) is 0 Å². The molecule has 0 amide bonds. The van der Waals surface area contributed by atoms with Crippen LogP contribution in [0.5, 0.6) is 11.5 Å². The lowest BCUT2D eigenvalue weighted by molar-refractivity contribution is 0.00289. The van der Waals surface area contributed by atoms with Crippen molar-refractivity contribution in [1.82, 2.24) is 9.64 Å². The average molecular weight is 501 g/mol. The molecule has 2 N–H and O–H groups in total. The number of nitrogens with zero attached hydrogens (tertiary/aromatic N) is 2. The molecule has 1 saturated heterocycles. The van der Waals surface area contributed by atoms with Gasteiger partial charge in [-0.3, -0.25) is 4.55 Å². The molecule has 9 heteroatoms. The van der Waals surface area contributed by atoms with Gasteiger partial charge in [0.25, 0.3) is 10.1 Å². The highest BCUT2D eigenvalue weighted by molar-refractivity contribution is 7.85. The number of aromatic hydroxyl groups is 1. The molecular formula is C26H32N2O6S. The maximum Gasteiger partial charge on any atom is 0.261 e. The highest BCUT2D eigenvalue weighted by Gasteiger charge is 2.53. The molecule has 8 nitrogen and oxygen atoms in total. The zero-order valence-corrected chi connectivity index (χ0v) is 21.0. The molecule has 2 aliphatic heterocycles. The van der Waals surface area contributed by atoms with E-state index < -0.39 is 10.1 Å². The number of likely N-dealkylation sites (N-methyl/N-ethyl adjacent to an activating group) is 1. The summed E-state index contributed by atoms with van der Waals surface area (Å²) in [7, 11) is -1.36. The van der Waals surface area contributed by atoms with Crippen LogP contribution in [0.15, 0.2) is 28.8 Å². The van der Waals surface area contributed by atoms with E-state index in [0.29, 0.717) is 30.6 Å². The van der Waals surface area contributed by atoms with Gasteiger partial charge < -0.3 is 19.3 Å². The van der Waals surface area contributed by atoms with Crippen LogP contribution < -0.4 is 4.74 Å². The molecule has 188 valence electrons. The Kier molecular flexibility index (Phi) is 5.25. The molecule has 0 unspecified atom stereocenters. The molecule has 7 rings (SSSR count). The quantitative estimate of drug-likeness (QED) is 0.483. The van der Waals surface area contributed by atoms with Gasteiger partial charge in [0.1, 0.15) is 18.1 Å². The highest BCUT2D eigenvalue weighted by atomic mass is 32.2. The lowest BCUT2D eigenvalue weighted by Crippen LogP contribution is -2.59. The van der Waals surface area contributed by atoms with E-state index in [0.717, 1.165) is 47.5 Å². The Labute approximate surface area is 205 Å². The molecule has 4 aliphatic rings. The predicted octanol–water partition coefficient (Wildman–Crippen LogP) is 4.19. The Balaban J connectivity index is 0.000000419. The highest BCUT2D eigenvalue weighted by Crippen LogP contribution is 2.57. The van der Waals surface area contributed by atoms with Crippen LogP contribution in [0.2, 0.25) is 0 Å². The van der Waals surface area contributed by atoms with Crippen molar-refractivity contribution in [3.05, 3.63) is 35.4 Å². The first kappa shape index (κ1) is 22.9. The predicted molar refractivity (Wildman–Crippen MR) is 133 cm³/mol. The van der Waals surface area contributed by atoms with Gasteiger partial charge >= 0.3 is 0 Å². The van der Waals surface area contributed by atoms with Crippen LogP contribution in [0.3, 0.4) is 0 Å². The molecule has 3 heterocycles. The van der Waals surface area contributed by atoms with Gasteiger partial charge in [-0.15, -0.1) is 0 Å². The monoisotopic (exact) mass is 500 g/mol. The second kappa shape index (κ2) is 8.01. The summed E-state index contributed by atoms with van der Waals surface area (Å²) in [5.74, 6) is 2.00. The van der Waals surface area contributed by atoms with Gasteiger partial charge in [-0.2, -0.15) is 13.2 Å². The number of phenolic OH excluding ortho intramolecular Hbond substituents is 1. The third kappa shape index (κ3) is 3.67. The van der Waals surface area contributed by atoms with E-state index in [1.807, 2.05) is 10.8 Å². The number of hydrogen-bond acceptors (Lipinski definition) is 6. The third-order valence-corrected chi connectivity index (χ3v) is 8.61. The summed E-state index contributed by atoms with van der Waals surface area (Å²) in [5, 5.41) is 10.8. The summed E-state index contributed by atoms with van der Waals surface area (Å²) in [5.41, 5.74) is 7.29. The van der Waals surface area contributed by atoms with Gasteiger partial charge in [0, 0.05) is 17.0 Å². The maximum atomic E-state index is 10.8. The van der Waals surface area contributed by atoms with Gasteiger partial charge in [0.15, 0.2) is 11.1 Å². The van der Waals surface area contributed by atoms with E-state index in [4.69, 9.17) is 13.8 Å². The summed E-state index contributed by atoms with van der Waals surface area (Å²) < 4.78 is 39.7. The van der Waals surface area contributed by atoms with E-state index in [2.05, 4.69) is 30.1 Å². The number of rotatable bonds is 1. The van der Waals surface area contributed by atoms with Gasteiger partial charge in [-0.25, -0.2) is 0 Å². The van der Waals surface area contributed by atoms with Crippen molar-refractivity contribution in [1.29, 1.82) is 0 Å². The van der Waals surface area contributed by atoms with Crippen LogP contribution in [0.1, 0.15) is 43.2 Å². The molecule has 3 atom stereocenters. The summed E-state index contributed by atoms with van der Waals surface area (Å²) in [6.45, 7) is 2.58. The smallest absolute Gasteiger partial charge is 0.261 e. The number of phenols is 1. The van der Waals surface area contributed by atoms with Gasteiger partial charge in [0.05, 0.1) is 12.8 Å². The first-order chi connectivity index (χ1) is 16.7. The maximum absolute atomic E-state index is 10.8. The van der Waals surface area contributed by atoms with Crippen LogP contribution in [0.4, 0.5) is 0 Å². The fourth-order valence-electron chi connectivity index (χ4n) is 7.25. The van der Waals surface area contributed by atoms with Crippen LogP contribution in [0.25, 0.3) is 22.2 Å². The zero-order valence-electron chi connectivity index (χ0n) is 20.2. The Bertz CT molecular complexity index is 1400. The van der Waals surface area contributed by atoms with Gasteiger partial charge in [-0.1, -0.05) is 12.8 Å². The molecule has 35 heavy (non-hydrogen) atoms. The van der Waals surface area contributed by atoms with E-state index >= 15 is 0 Å². The van der Waals surface area contributed by atoms with E-state index in [1.165, 1.54) is 43.2 Å². The largest absolute Gasteiger partial charge is 0.508 e. The summed E-state index contributed by atoms with van der Waals surface area (Å²) >= 11 is 0. The molecule has 3 aromatic rings. The van der Waals surface area contributed by atoms with Crippen LogP contribution >= 0.6 is 0 Å². The molecule has 0 radical (unpaired) electrons. The van der Waals surface area contributed by atoms with Crippen LogP contribution in [-0.4, -0.2) is 60.2 Å². The van der Waals surface area contributed by atoms with Crippen LogP contribution in [0, 0.1) is 5.92 Å². The van der Waals surface area contributed by atoms with E-state index in [9.17, 15) is 13.5 Å². The number of fused-ring (bicyclic) bond motifs is 1. The van der Waals surface area contributed by atoms with Crippen molar-refractivity contribution in [2.75, 3.05) is 26.5 Å². The lowest BCUT2D eigenvalue weighted by Gasteiger charge is -2.58.